The number of unbranched alkanes of at least 4 members (excludes halogenated alkanes) is 3. The van der Waals surface area contributed by atoms with Crippen molar-refractivity contribution < 1.29 is 9.47 Å². The number of hydrogen-bond acceptors (Lipinski definition) is 3. The Hall–Kier alpha value is -1.35. The molecule has 0 bridgehead atoms. The highest BCUT2D eigenvalue weighted by molar-refractivity contribution is 7.99. The lowest BCUT2D eigenvalue weighted by Crippen LogP contribution is -2.03. The molecule has 2 aromatic carbocycles. The Morgan fingerprint density at radius 2 is 1.45 bits per heavy atom. The Kier molecular flexibility index (Phi) is 11.4. The van der Waals surface area contributed by atoms with Crippen LogP contribution in [0.4, 0.5) is 0 Å². The van der Waals surface area contributed by atoms with Gasteiger partial charge in [0.05, 0.1) is 13.2 Å². The molecule has 0 aliphatic rings. The summed E-state index contributed by atoms with van der Waals surface area (Å²) in [5.74, 6) is 3.23. The number of thioether (sulfide) groups is 1. The monoisotopic (exact) mass is 416 g/mol. The summed E-state index contributed by atoms with van der Waals surface area (Å²) >= 11 is 2.11. The van der Waals surface area contributed by atoms with Crippen molar-refractivity contribution >= 4 is 22.5 Å². The molecule has 0 saturated heterocycles. The minimum absolute atomic E-state index is 0.509. The van der Waals surface area contributed by atoms with E-state index in [0.29, 0.717) is 5.25 Å². The van der Waals surface area contributed by atoms with Crippen LogP contribution in [0.5, 0.6) is 11.5 Å². The topological polar surface area (TPSA) is 18.5 Å². The van der Waals surface area contributed by atoms with Gasteiger partial charge < -0.3 is 9.47 Å². The fourth-order valence-corrected chi connectivity index (χ4v) is 5.02. The fraction of sp³-hybridized carbons (Fsp3) is 0.615. The van der Waals surface area contributed by atoms with Crippen LogP contribution in [0.25, 0.3) is 10.8 Å². The zero-order valence-corrected chi connectivity index (χ0v) is 19.8. The third kappa shape index (κ3) is 7.13. The van der Waals surface area contributed by atoms with Gasteiger partial charge in [0, 0.05) is 16.0 Å². The normalized spacial score (nSPS) is 12.3. The molecule has 0 aliphatic heterocycles. The summed E-state index contributed by atoms with van der Waals surface area (Å²) in [7, 11) is 0. The van der Waals surface area contributed by atoms with Crippen LogP contribution < -0.4 is 9.47 Å². The Labute approximate surface area is 182 Å². The van der Waals surface area contributed by atoms with Crippen molar-refractivity contribution in [2.24, 2.45) is 0 Å². The summed E-state index contributed by atoms with van der Waals surface area (Å²) < 4.78 is 12.4. The molecule has 29 heavy (non-hydrogen) atoms. The maximum atomic E-state index is 6.27. The lowest BCUT2D eigenvalue weighted by Gasteiger charge is -2.22. The molecule has 0 N–H and O–H groups in total. The van der Waals surface area contributed by atoms with Crippen molar-refractivity contribution in [1.82, 2.24) is 0 Å². The van der Waals surface area contributed by atoms with Crippen molar-refractivity contribution in [2.75, 3.05) is 19.0 Å². The summed E-state index contributed by atoms with van der Waals surface area (Å²) in [4.78, 5) is 0. The number of hydrogen-bond donors (Lipinski definition) is 0. The zero-order valence-electron chi connectivity index (χ0n) is 19.0. The van der Waals surface area contributed by atoms with Gasteiger partial charge in [0.15, 0.2) is 0 Å². The lowest BCUT2D eigenvalue weighted by atomic mass is 9.98. The quantitative estimate of drug-likeness (QED) is 0.271. The average molecular weight is 417 g/mol. The molecule has 162 valence electrons. The highest BCUT2D eigenvalue weighted by Gasteiger charge is 2.19. The first kappa shape index (κ1) is 23.9. The minimum atomic E-state index is 0.509. The minimum Gasteiger partial charge on any atom is -0.493 e. The van der Waals surface area contributed by atoms with Gasteiger partial charge in [-0.1, -0.05) is 71.6 Å². The zero-order chi connectivity index (χ0) is 20.9. The molecule has 2 rings (SSSR count). The van der Waals surface area contributed by atoms with Gasteiger partial charge in [-0.15, -0.1) is 0 Å². The summed E-state index contributed by atoms with van der Waals surface area (Å²) in [6.45, 7) is 10.5. The Bertz CT molecular complexity index is 713. The summed E-state index contributed by atoms with van der Waals surface area (Å²) in [6, 6.07) is 10.9. The molecule has 0 heterocycles. The van der Waals surface area contributed by atoms with Crippen LogP contribution >= 0.6 is 11.8 Å². The van der Waals surface area contributed by atoms with E-state index in [-0.39, 0.29) is 0 Å². The Morgan fingerprint density at radius 3 is 2.10 bits per heavy atom. The van der Waals surface area contributed by atoms with Crippen molar-refractivity contribution in [3.05, 3.63) is 35.9 Å². The van der Waals surface area contributed by atoms with Crippen LogP contribution in [0.15, 0.2) is 30.3 Å². The molecular weight excluding hydrogens is 376 g/mol. The van der Waals surface area contributed by atoms with Crippen LogP contribution in [0.2, 0.25) is 0 Å². The van der Waals surface area contributed by atoms with Crippen LogP contribution in [-0.2, 0) is 0 Å². The molecule has 0 aliphatic carbocycles. The maximum Gasteiger partial charge on any atom is 0.127 e. The number of ether oxygens (including phenoxy) is 2. The summed E-state index contributed by atoms with van der Waals surface area (Å²) in [6.07, 6.45) is 9.39. The fourth-order valence-electron chi connectivity index (χ4n) is 3.50. The smallest absolute Gasteiger partial charge is 0.127 e. The van der Waals surface area contributed by atoms with Crippen LogP contribution in [0.3, 0.4) is 0 Å². The molecule has 0 spiro atoms. The first-order chi connectivity index (χ1) is 14.3. The highest BCUT2D eigenvalue weighted by Crippen LogP contribution is 2.43. The van der Waals surface area contributed by atoms with Gasteiger partial charge in [0.2, 0.25) is 0 Å². The second kappa shape index (κ2) is 13.8. The Balaban J connectivity index is 2.46. The molecule has 0 amide bonds. The van der Waals surface area contributed by atoms with E-state index in [2.05, 4.69) is 69.8 Å². The molecule has 0 saturated carbocycles. The van der Waals surface area contributed by atoms with Gasteiger partial charge in [-0.3, -0.25) is 0 Å². The van der Waals surface area contributed by atoms with Gasteiger partial charge in [-0.25, -0.2) is 0 Å². The van der Waals surface area contributed by atoms with Crippen LogP contribution in [0.1, 0.15) is 89.9 Å². The summed E-state index contributed by atoms with van der Waals surface area (Å²) in [5.41, 5.74) is 1.41. The van der Waals surface area contributed by atoms with E-state index in [1.165, 1.54) is 47.8 Å². The maximum absolute atomic E-state index is 6.27. The number of benzene rings is 2. The second-order valence-corrected chi connectivity index (χ2v) is 9.05. The van der Waals surface area contributed by atoms with E-state index in [1.54, 1.807) is 0 Å². The second-order valence-electron chi connectivity index (χ2n) is 7.74. The first-order valence-electron chi connectivity index (χ1n) is 11.7. The largest absolute Gasteiger partial charge is 0.493 e. The van der Waals surface area contributed by atoms with Crippen molar-refractivity contribution in [3.8, 4) is 11.5 Å². The molecular formula is C26H40O2S. The molecule has 1 unspecified atom stereocenters. The first-order valence-corrected chi connectivity index (χ1v) is 12.7. The molecule has 0 radical (unpaired) electrons. The Morgan fingerprint density at radius 1 is 0.759 bits per heavy atom. The van der Waals surface area contributed by atoms with Gasteiger partial charge in [-0.05, 0) is 49.1 Å². The number of fused-ring (bicyclic) bond motifs is 1. The van der Waals surface area contributed by atoms with Crippen molar-refractivity contribution in [2.45, 2.75) is 84.3 Å². The van der Waals surface area contributed by atoms with E-state index in [9.17, 15) is 0 Å². The highest BCUT2D eigenvalue weighted by atomic mass is 32.2. The van der Waals surface area contributed by atoms with Crippen molar-refractivity contribution in [1.29, 1.82) is 0 Å². The molecule has 1 atom stereocenters. The van der Waals surface area contributed by atoms with Gasteiger partial charge in [0.1, 0.15) is 11.5 Å². The van der Waals surface area contributed by atoms with Gasteiger partial charge >= 0.3 is 0 Å². The number of rotatable bonds is 15. The predicted molar refractivity (Wildman–Crippen MR) is 130 cm³/mol. The summed E-state index contributed by atoms with van der Waals surface area (Å²) in [5, 5.41) is 2.97. The van der Waals surface area contributed by atoms with E-state index in [4.69, 9.17) is 9.47 Å². The predicted octanol–water partition coefficient (Wildman–Crippen LogP) is 8.57. The molecule has 2 nitrogen and oxygen atoms in total. The van der Waals surface area contributed by atoms with E-state index >= 15 is 0 Å². The van der Waals surface area contributed by atoms with E-state index in [0.717, 1.165) is 50.4 Å². The van der Waals surface area contributed by atoms with Crippen LogP contribution in [-0.4, -0.2) is 19.0 Å². The molecule has 0 fully saturated rings. The van der Waals surface area contributed by atoms with Gasteiger partial charge in [-0.2, -0.15) is 11.8 Å². The molecule has 0 aromatic heterocycles. The third-order valence-corrected chi connectivity index (χ3v) is 6.64. The molecule has 2 aromatic rings. The van der Waals surface area contributed by atoms with Crippen molar-refractivity contribution in [3.63, 3.8) is 0 Å². The van der Waals surface area contributed by atoms with Crippen LogP contribution in [0, 0.1) is 0 Å². The van der Waals surface area contributed by atoms with E-state index in [1.807, 2.05) is 0 Å². The standard InChI is InChI=1S/C26H40O2S/c1-5-9-18-27-23-17-16-22(25(13-8-4)29-20-11-7-3)26-21(23)14-12-15-24(26)28-19-10-6-2/h12,14-17,25H,5-11,13,18-20H2,1-4H3. The third-order valence-electron chi connectivity index (χ3n) is 5.22. The SMILES string of the molecule is CCCCOc1ccc(C(CCC)SCCCC)c2c(OCCCC)cccc12. The van der Waals surface area contributed by atoms with E-state index < -0.39 is 0 Å². The van der Waals surface area contributed by atoms with Gasteiger partial charge in [0.25, 0.3) is 0 Å². The lowest BCUT2D eigenvalue weighted by molar-refractivity contribution is 0.309. The molecule has 3 heteroatoms. The average Bonchev–Trinajstić information content (AvgIpc) is 2.74.